The van der Waals surface area contributed by atoms with E-state index >= 15 is 0 Å². The number of benzene rings is 2. The van der Waals surface area contributed by atoms with Crippen LogP contribution in [-0.2, 0) is 16.3 Å². The van der Waals surface area contributed by atoms with Crippen molar-refractivity contribution in [2.75, 3.05) is 7.11 Å². The molecule has 0 spiro atoms. The third-order valence-electron chi connectivity index (χ3n) is 3.92. The summed E-state index contributed by atoms with van der Waals surface area (Å²) in [5.41, 5.74) is 1.58. The van der Waals surface area contributed by atoms with Gasteiger partial charge >= 0.3 is 0 Å². The SMILES string of the molecule is COc1ccccc1S(=O)(=O)C1Cc2ccccc2C1O. The summed E-state index contributed by atoms with van der Waals surface area (Å²) in [7, 11) is -2.23. The Labute approximate surface area is 123 Å². The molecule has 1 N–H and O–H groups in total. The Morgan fingerprint density at radius 2 is 1.76 bits per heavy atom. The van der Waals surface area contributed by atoms with Crippen molar-refractivity contribution in [3.63, 3.8) is 0 Å². The maximum Gasteiger partial charge on any atom is 0.188 e. The Bertz CT molecular complexity index is 767. The van der Waals surface area contributed by atoms with Crippen molar-refractivity contribution in [3.8, 4) is 5.75 Å². The number of aliphatic hydroxyl groups excluding tert-OH is 1. The van der Waals surface area contributed by atoms with E-state index in [-0.39, 0.29) is 4.90 Å². The zero-order valence-corrected chi connectivity index (χ0v) is 12.4. The lowest BCUT2D eigenvalue weighted by Crippen LogP contribution is -2.26. The highest BCUT2D eigenvalue weighted by Crippen LogP contribution is 2.39. The summed E-state index contributed by atoms with van der Waals surface area (Å²) in [4.78, 5) is 0.129. The molecule has 0 aromatic heterocycles. The zero-order chi connectivity index (χ0) is 15.0. The van der Waals surface area contributed by atoms with Gasteiger partial charge in [0.05, 0.1) is 13.2 Å². The van der Waals surface area contributed by atoms with E-state index in [1.54, 1.807) is 30.3 Å². The lowest BCUT2D eigenvalue weighted by atomic mass is 10.1. The highest BCUT2D eigenvalue weighted by atomic mass is 32.2. The standard InChI is InChI=1S/C16H16O4S/c1-20-13-8-4-5-9-14(13)21(18,19)15-10-11-6-2-3-7-12(11)16(15)17/h2-9,15-17H,10H2,1H3. The molecule has 2 unspecified atom stereocenters. The smallest absolute Gasteiger partial charge is 0.188 e. The molecule has 2 aromatic carbocycles. The van der Waals surface area contributed by atoms with Gasteiger partial charge in [0.15, 0.2) is 9.84 Å². The Morgan fingerprint density at radius 3 is 2.48 bits per heavy atom. The van der Waals surface area contributed by atoms with Crippen LogP contribution in [0.2, 0.25) is 0 Å². The van der Waals surface area contributed by atoms with Crippen LogP contribution in [-0.4, -0.2) is 25.9 Å². The molecule has 21 heavy (non-hydrogen) atoms. The van der Waals surface area contributed by atoms with E-state index in [2.05, 4.69) is 0 Å². The van der Waals surface area contributed by atoms with Gasteiger partial charge in [-0.25, -0.2) is 8.42 Å². The maximum absolute atomic E-state index is 12.9. The number of ether oxygens (including phenoxy) is 1. The molecule has 0 amide bonds. The number of hydrogen-bond donors (Lipinski definition) is 1. The van der Waals surface area contributed by atoms with Crippen LogP contribution in [0.1, 0.15) is 17.2 Å². The first-order valence-corrected chi connectivity index (χ1v) is 8.23. The first-order valence-electron chi connectivity index (χ1n) is 6.68. The summed E-state index contributed by atoms with van der Waals surface area (Å²) in [6, 6.07) is 13.8. The van der Waals surface area contributed by atoms with Crippen molar-refractivity contribution in [2.45, 2.75) is 22.7 Å². The molecule has 0 fully saturated rings. The van der Waals surface area contributed by atoms with Crippen LogP contribution in [0, 0.1) is 0 Å². The van der Waals surface area contributed by atoms with Gasteiger partial charge in [0.2, 0.25) is 0 Å². The molecule has 0 aliphatic heterocycles. The van der Waals surface area contributed by atoms with Crippen LogP contribution in [0.25, 0.3) is 0 Å². The Hall–Kier alpha value is -1.85. The minimum Gasteiger partial charge on any atom is -0.495 e. The molecular formula is C16H16O4S. The number of aliphatic hydroxyl groups is 1. The normalized spacial score (nSPS) is 21.0. The summed E-state index contributed by atoms with van der Waals surface area (Å²) in [6.07, 6.45) is -0.686. The molecule has 3 rings (SSSR count). The molecule has 0 bridgehead atoms. The van der Waals surface area contributed by atoms with E-state index in [1.807, 2.05) is 12.1 Å². The Kier molecular flexibility index (Phi) is 3.47. The highest BCUT2D eigenvalue weighted by molar-refractivity contribution is 7.92. The lowest BCUT2D eigenvalue weighted by Gasteiger charge is -2.17. The van der Waals surface area contributed by atoms with E-state index in [9.17, 15) is 13.5 Å². The lowest BCUT2D eigenvalue weighted by molar-refractivity contribution is 0.182. The molecule has 1 aliphatic carbocycles. The van der Waals surface area contributed by atoms with Gasteiger partial charge in [-0.1, -0.05) is 36.4 Å². The highest BCUT2D eigenvalue weighted by Gasteiger charge is 2.41. The number of fused-ring (bicyclic) bond motifs is 1. The molecule has 0 heterocycles. The fourth-order valence-electron chi connectivity index (χ4n) is 2.83. The average molecular weight is 304 g/mol. The molecule has 4 nitrogen and oxygen atoms in total. The van der Waals surface area contributed by atoms with Crippen LogP contribution in [0.3, 0.4) is 0 Å². The van der Waals surface area contributed by atoms with Crippen LogP contribution in [0.4, 0.5) is 0 Å². The Balaban J connectivity index is 2.05. The summed E-state index contributed by atoms with van der Waals surface area (Å²) in [5.74, 6) is 0.306. The van der Waals surface area contributed by atoms with Crippen molar-refractivity contribution in [2.24, 2.45) is 0 Å². The number of sulfone groups is 1. The van der Waals surface area contributed by atoms with Crippen molar-refractivity contribution >= 4 is 9.84 Å². The molecule has 0 saturated carbocycles. The van der Waals surface area contributed by atoms with Gasteiger partial charge in [-0.2, -0.15) is 0 Å². The first-order chi connectivity index (χ1) is 10.1. The van der Waals surface area contributed by atoms with E-state index < -0.39 is 21.2 Å². The van der Waals surface area contributed by atoms with Gasteiger partial charge in [-0.15, -0.1) is 0 Å². The van der Waals surface area contributed by atoms with Gasteiger partial charge in [0.1, 0.15) is 15.9 Å². The predicted molar refractivity (Wildman–Crippen MR) is 79.1 cm³/mol. The molecule has 5 heteroatoms. The quantitative estimate of drug-likeness (QED) is 0.943. The van der Waals surface area contributed by atoms with Crippen molar-refractivity contribution in [3.05, 3.63) is 59.7 Å². The zero-order valence-electron chi connectivity index (χ0n) is 11.6. The summed E-state index contributed by atoms with van der Waals surface area (Å²) in [6.45, 7) is 0. The molecule has 2 atom stereocenters. The fraction of sp³-hybridized carbons (Fsp3) is 0.250. The van der Waals surface area contributed by atoms with E-state index in [4.69, 9.17) is 4.74 Å². The first kappa shape index (κ1) is 14.1. The minimum atomic E-state index is -3.67. The van der Waals surface area contributed by atoms with Crippen molar-refractivity contribution < 1.29 is 18.3 Å². The van der Waals surface area contributed by atoms with Gasteiger partial charge in [0, 0.05) is 0 Å². The van der Waals surface area contributed by atoms with Gasteiger partial charge in [-0.05, 0) is 29.7 Å². The minimum absolute atomic E-state index is 0.129. The maximum atomic E-state index is 12.9. The number of hydrogen-bond acceptors (Lipinski definition) is 4. The third-order valence-corrected chi connectivity index (χ3v) is 6.09. The number of rotatable bonds is 3. The van der Waals surface area contributed by atoms with Crippen molar-refractivity contribution in [1.82, 2.24) is 0 Å². The van der Waals surface area contributed by atoms with E-state index in [0.29, 0.717) is 17.7 Å². The Morgan fingerprint density at radius 1 is 1.10 bits per heavy atom. The summed E-state index contributed by atoms with van der Waals surface area (Å²) < 4.78 is 30.8. The van der Waals surface area contributed by atoms with Gasteiger partial charge in [0.25, 0.3) is 0 Å². The van der Waals surface area contributed by atoms with E-state index in [1.165, 1.54) is 13.2 Å². The van der Waals surface area contributed by atoms with Crippen LogP contribution < -0.4 is 4.74 Å². The molecule has 1 aliphatic rings. The molecule has 2 aromatic rings. The van der Waals surface area contributed by atoms with Crippen LogP contribution in [0.5, 0.6) is 5.75 Å². The molecule has 0 radical (unpaired) electrons. The summed E-state index contributed by atoms with van der Waals surface area (Å²) >= 11 is 0. The monoisotopic (exact) mass is 304 g/mol. The molecular weight excluding hydrogens is 288 g/mol. The van der Waals surface area contributed by atoms with Gasteiger partial charge in [-0.3, -0.25) is 0 Å². The summed E-state index contributed by atoms with van der Waals surface area (Å²) in [5, 5.41) is 9.51. The third kappa shape index (κ3) is 2.22. The second-order valence-electron chi connectivity index (χ2n) is 5.08. The topological polar surface area (TPSA) is 63.6 Å². The van der Waals surface area contributed by atoms with Crippen molar-refractivity contribution in [1.29, 1.82) is 0 Å². The van der Waals surface area contributed by atoms with E-state index in [0.717, 1.165) is 5.56 Å². The number of methoxy groups -OCH3 is 1. The number of para-hydroxylation sites is 1. The largest absolute Gasteiger partial charge is 0.495 e. The second kappa shape index (κ2) is 5.16. The average Bonchev–Trinajstić information content (AvgIpc) is 2.85. The van der Waals surface area contributed by atoms with Crippen LogP contribution >= 0.6 is 0 Å². The molecule has 0 saturated heterocycles. The fourth-order valence-corrected chi connectivity index (χ4v) is 4.74. The van der Waals surface area contributed by atoms with Gasteiger partial charge < -0.3 is 9.84 Å². The predicted octanol–water partition coefficient (Wildman–Crippen LogP) is 2.13. The van der Waals surface area contributed by atoms with Crippen LogP contribution in [0.15, 0.2) is 53.4 Å². The molecule has 110 valence electrons. The second-order valence-corrected chi connectivity index (χ2v) is 7.22.